The van der Waals surface area contributed by atoms with E-state index in [0.29, 0.717) is 17.1 Å². The second-order valence-electron chi connectivity index (χ2n) is 4.93. The highest BCUT2D eigenvalue weighted by Gasteiger charge is 2.09. The van der Waals surface area contributed by atoms with Gasteiger partial charge < -0.3 is 14.8 Å². The highest BCUT2D eigenvalue weighted by molar-refractivity contribution is 6.30. The molecule has 0 unspecified atom stereocenters. The van der Waals surface area contributed by atoms with Gasteiger partial charge in [-0.15, -0.1) is 0 Å². The quantitative estimate of drug-likeness (QED) is 0.654. The van der Waals surface area contributed by atoms with E-state index in [1.807, 2.05) is 13.8 Å². The fourth-order valence-electron chi connectivity index (χ4n) is 1.79. The van der Waals surface area contributed by atoms with Crippen LogP contribution < -0.4 is 10.1 Å². The number of ether oxygens (including phenoxy) is 2. The van der Waals surface area contributed by atoms with Gasteiger partial charge in [0.1, 0.15) is 5.75 Å². The number of unbranched alkanes of at least 4 members (excludes halogenated alkanes) is 1. The highest BCUT2D eigenvalue weighted by atomic mass is 35.5. The molecule has 0 aliphatic carbocycles. The molecule has 0 fully saturated rings. The fourth-order valence-corrected chi connectivity index (χ4v) is 1.99. The Morgan fingerprint density at radius 1 is 1.24 bits per heavy atom. The Bertz CT molecular complexity index is 417. The Morgan fingerprint density at radius 3 is 2.67 bits per heavy atom. The van der Waals surface area contributed by atoms with E-state index in [-0.39, 0.29) is 11.9 Å². The first kappa shape index (κ1) is 18.1. The summed E-state index contributed by atoms with van der Waals surface area (Å²) in [5.41, 5.74) is 0.626. The third-order valence-corrected chi connectivity index (χ3v) is 2.99. The largest absolute Gasteiger partial charge is 0.434 e. The second kappa shape index (κ2) is 9.92. The van der Waals surface area contributed by atoms with Crippen LogP contribution in [0, 0.1) is 0 Å². The summed E-state index contributed by atoms with van der Waals surface area (Å²) in [6.45, 7) is 3.12. The Kier molecular flexibility index (Phi) is 8.57. The van der Waals surface area contributed by atoms with Crippen molar-refractivity contribution in [3.63, 3.8) is 0 Å². The van der Waals surface area contributed by atoms with Crippen molar-refractivity contribution in [3.8, 4) is 5.75 Å². The number of alkyl halides is 2. The third-order valence-electron chi connectivity index (χ3n) is 2.75. The maximum absolute atomic E-state index is 12.3. The minimum atomic E-state index is -2.84. The Morgan fingerprint density at radius 2 is 2.00 bits per heavy atom. The van der Waals surface area contributed by atoms with E-state index in [1.54, 1.807) is 6.07 Å². The molecule has 0 aliphatic heterocycles. The topological polar surface area (TPSA) is 30.5 Å². The summed E-state index contributed by atoms with van der Waals surface area (Å²) < 4.78 is 34.5. The zero-order chi connectivity index (χ0) is 15.7. The summed E-state index contributed by atoms with van der Waals surface area (Å²) in [7, 11) is 0. The van der Waals surface area contributed by atoms with Crippen molar-refractivity contribution in [3.05, 3.63) is 28.8 Å². The van der Waals surface area contributed by atoms with E-state index < -0.39 is 6.61 Å². The molecule has 120 valence electrons. The molecule has 1 aromatic carbocycles. The normalized spacial score (nSPS) is 11.4. The minimum Gasteiger partial charge on any atom is -0.434 e. The summed E-state index contributed by atoms with van der Waals surface area (Å²) in [5.74, 6) is 0.157. The van der Waals surface area contributed by atoms with Crippen LogP contribution >= 0.6 is 11.6 Å². The summed E-state index contributed by atoms with van der Waals surface area (Å²) in [6.07, 6.45) is 2.16. The summed E-state index contributed by atoms with van der Waals surface area (Å²) in [5, 5.41) is 3.69. The van der Waals surface area contributed by atoms with Crippen LogP contribution in [-0.4, -0.2) is 25.9 Å². The second-order valence-corrected chi connectivity index (χ2v) is 5.37. The zero-order valence-electron chi connectivity index (χ0n) is 12.4. The molecule has 0 heterocycles. The summed E-state index contributed by atoms with van der Waals surface area (Å²) in [6, 6.07) is 4.63. The van der Waals surface area contributed by atoms with Gasteiger partial charge in [0.25, 0.3) is 0 Å². The molecule has 0 aromatic heterocycles. The number of halogens is 3. The van der Waals surface area contributed by atoms with Gasteiger partial charge in [-0.1, -0.05) is 11.6 Å². The molecule has 1 rings (SSSR count). The van der Waals surface area contributed by atoms with Crippen molar-refractivity contribution in [1.82, 2.24) is 5.32 Å². The Balaban J connectivity index is 2.32. The lowest BCUT2D eigenvalue weighted by atomic mass is 10.2. The van der Waals surface area contributed by atoms with Crippen LogP contribution in [0.1, 0.15) is 32.3 Å². The maximum Gasteiger partial charge on any atom is 0.387 e. The first-order valence-electron chi connectivity index (χ1n) is 7.04. The van der Waals surface area contributed by atoms with Crippen LogP contribution in [0.25, 0.3) is 0 Å². The third kappa shape index (κ3) is 8.19. The van der Waals surface area contributed by atoms with Crippen LogP contribution in [0.3, 0.4) is 0 Å². The average molecular weight is 322 g/mol. The molecular formula is C15H22ClF2NO2. The first-order valence-corrected chi connectivity index (χ1v) is 7.42. The van der Waals surface area contributed by atoms with Gasteiger partial charge in [0.2, 0.25) is 0 Å². The molecule has 0 amide bonds. The van der Waals surface area contributed by atoms with Crippen molar-refractivity contribution < 1.29 is 18.3 Å². The van der Waals surface area contributed by atoms with E-state index in [1.165, 1.54) is 12.1 Å². The molecule has 0 bridgehead atoms. The lowest BCUT2D eigenvalue weighted by Crippen LogP contribution is -2.17. The lowest BCUT2D eigenvalue weighted by Gasteiger charge is -2.12. The van der Waals surface area contributed by atoms with Gasteiger partial charge in [0, 0.05) is 23.7 Å². The monoisotopic (exact) mass is 321 g/mol. The molecule has 0 saturated heterocycles. The molecular weight excluding hydrogens is 300 g/mol. The predicted octanol–water partition coefficient (Wildman–Crippen LogP) is 4.24. The van der Waals surface area contributed by atoms with Gasteiger partial charge in [0.05, 0.1) is 6.10 Å². The van der Waals surface area contributed by atoms with Gasteiger partial charge in [-0.3, -0.25) is 0 Å². The molecule has 1 aromatic rings. The van der Waals surface area contributed by atoms with Crippen LogP contribution in [0.15, 0.2) is 18.2 Å². The molecule has 3 nitrogen and oxygen atoms in total. The van der Waals surface area contributed by atoms with Gasteiger partial charge >= 0.3 is 6.61 Å². The molecule has 0 saturated carbocycles. The van der Waals surface area contributed by atoms with E-state index in [0.717, 1.165) is 26.0 Å². The SMILES string of the molecule is CC(C)OCCCCNCc1cc(Cl)ccc1OC(F)F. The number of hydrogen-bond acceptors (Lipinski definition) is 3. The Hall–Kier alpha value is -0.910. The van der Waals surface area contributed by atoms with E-state index in [4.69, 9.17) is 16.3 Å². The number of rotatable bonds is 10. The number of nitrogens with one attached hydrogen (secondary N) is 1. The molecule has 0 aliphatic rings. The van der Waals surface area contributed by atoms with Crippen molar-refractivity contribution in [2.75, 3.05) is 13.2 Å². The van der Waals surface area contributed by atoms with Crippen LogP contribution in [0.4, 0.5) is 8.78 Å². The molecule has 21 heavy (non-hydrogen) atoms. The van der Waals surface area contributed by atoms with Gasteiger partial charge in [-0.25, -0.2) is 0 Å². The highest BCUT2D eigenvalue weighted by Crippen LogP contribution is 2.24. The van der Waals surface area contributed by atoms with Gasteiger partial charge in [-0.2, -0.15) is 8.78 Å². The van der Waals surface area contributed by atoms with Crippen molar-refractivity contribution in [1.29, 1.82) is 0 Å². The van der Waals surface area contributed by atoms with Gasteiger partial charge in [-0.05, 0) is 51.4 Å². The van der Waals surface area contributed by atoms with Crippen LogP contribution in [-0.2, 0) is 11.3 Å². The molecule has 0 radical (unpaired) electrons. The van der Waals surface area contributed by atoms with Crippen molar-refractivity contribution in [2.24, 2.45) is 0 Å². The van der Waals surface area contributed by atoms with Gasteiger partial charge in [0.15, 0.2) is 0 Å². The molecule has 1 N–H and O–H groups in total. The zero-order valence-corrected chi connectivity index (χ0v) is 13.1. The summed E-state index contributed by atoms with van der Waals surface area (Å²) >= 11 is 5.88. The minimum absolute atomic E-state index is 0.157. The van der Waals surface area contributed by atoms with Crippen molar-refractivity contribution in [2.45, 2.75) is 45.9 Å². The molecule has 0 atom stereocenters. The number of benzene rings is 1. The predicted molar refractivity (Wildman–Crippen MR) is 80.1 cm³/mol. The molecule has 0 spiro atoms. The van der Waals surface area contributed by atoms with Crippen LogP contribution in [0.2, 0.25) is 5.02 Å². The van der Waals surface area contributed by atoms with E-state index in [2.05, 4.69) is 10.1 Å². The Labute approximate surface area is 129 Å². The van der Waals surface area contributed by atoms with E-state index >= 15 is 0 Å². The lowest BCUT2D eigenvalue weighted by molar-refractivity contribution is -0.0505. The number of hydrogen-bond donors (Lipinski definition) is 1. The average Bonchev–Trinajstić information content (AvgIpc) is 2.39. The smallest absolute Gasteiger partial charge is 0.387 e. The standard InChI is InChI=1S/C15H22ClF2NO2/c1-11(2)20-8-4-3-7-19-10-12-9-13(16)5-6-14(12)21-15(17)18/h5-6,9,11,15,19H,3-4,7-8,10H2,1-2H3. The fraction of sp³-hybridized carbons (Fsp3) is 0.600. The molecule has 6 heteroatoms. The van der Waals surface area contributed by atoms with Crippen LogP contribution in [0.5, 0.6) is 5.75 Å². The maximum atomic E-state index is 12.3. The van der Waals surface area contributed by atoms with E-state index in [9.17, 15) is 8.78 Å². The van der Waals surface area contributed by atoms with Crippen molar-refractivity contribution >= 4 is 11.6 Å². The first-order chi connectivity index (χ1) is 9.99. The summed E-state index contributed by atoms with van der Waals surface area (Å²) in [4.78, 5) is 0.